The molecule has 0 saturated heterocycles. The highest BCUT2D eigenvalue weighted by molar-refractivity contribution is 6.15. The zero-order valence-electron chi connectivity index (χ0n) is 9.39. The van der Waals surface area contributed by atoms with Crippen LogP contribution in [0.2, 0.25) is 0 Å². The van der Waals surface area contributed by atoms with Crippen LogP contribution in [0.3, 0.4) is 0 Å². The summed E-state index contributed by atoms with van der Waals surface area (Å²) in [6, 6.07) is 1.75. The normalized spacial score (nSPS) is 7.23. The molecule has 0 spiro atoms. The van der Waals surface area contributed by atoms with Crippen molar-refractivity contribution in [3.8, 4) is 6.07 Å². The van der Waals surface area contributed by atoms with Crippen molar-refractivity contribution in [3.05, 3.63) is 0 Å². The van der Waals surface area contributed by atoms with E-state index in [1.165, 1.54) is 6.92 Å². The lowest BCUT2D eigenvalue weighted by Crippen LogP contribution is -1.86. The van der Waals surface area contributed by atoms with Crippen LogP contribution in [0.1, 0.15) is 40.0 Å². The average Bonchev–Trinajstić information content (AvgIpc) is 2.04. The number of Topliss-reactive ketones (excluding diaryl/α,β-unsaturated/α-hetero) is 1. The molecule has 0 bridgehead atoms. The molecule has 0 aromatic carbocycles. The molecule has 0 unspecified atom stereocenters. The van der Waals surface area contributed by atoms with E-state index in [4.69, 9.17) is 5.26 Å². The van der Waals surface area contributed by atoms with Crippen LogP contribution < -0.4 is 0 Å². The Labute approximate surface area is 87.6 Å². The van der Waals surface area contributed by atoms with Gasteiger partial charge in [0, 0.05) is 13.3 Å². The summed E-state index contributed by atoms with van der Waals surface area (Å²) in [5.74, 6) is 0.307. The summed E-state index contributed by atoms with van der Waals surface area (Å²) in [5, 5.41) is 7.32. The van der Waals surface area contributed by atoms with Crippen LogP contribution in [0.25, 0.3) is 0 Å². The molecular weight excluding hydrogens is 198 g/mol. The maximum atomic E-state index is 10.2. The molecule has 0 aliphatic carbocycles. The predicted octanol–water partition coefficient (Wildman–Crippen LogP) is -0.141. The standard InChI is InChI=1S/C6H12O.C2H3N.H6OSi2/c1-3-4-5-6(2)7;1-2-3;2-1-3/h3-5H2,1-2H3;1H3;2-3H3. The third-order valence-electron chi connectivity index (χ3n) is 0.882. The van der Waals surface area contributed by atoms with Crippen LogP contribution >= 0.6 is 0 Å². The van der Waals surface area contributed by atoms with Gasteiger partial charge in [-0.3, -0.25) is 0 Å². The Morgan fingerprint density at radius 3 is 1.92 bits per heavy atom. The predicted molar refractivity (Wildman–Crippen MR) is 62.5 cm³/mol. The van der Waals surface area contributed by atoms with Crippen molar-refractivity contribution < 1.29 is 8.91 Å². The summed E-state index contributed by atoms with van der Waals surface area (Å²) in [5.41, 5.74) is 0. The fraction of sp³-hybridized carbons (Fsp3) is 0.750. The smallest absolute Gasteiger partial charge is 0.129 e. The maximum Gasteiger partial charge on any atom is 0.129 e. The number of nitrogens with zero attached hydrogens (tertiary/aromatic N) is 1. The van der Waals surface area contributed by atoms with Gasteiger partial charge in [0.25, 0.3) is 0 Å². The van der Waals surface area contributed by atoms with E-state index in [1.807, 2.05) is 0 Å². The van der Waals surface area contributed by atoms with Gasteiger partial charge < -0.3 is 8.91 Å². The third-order valence-corrected chi connectivity index (χ3v) is 0.882. The number of nitriles is 1. The molecule has 3 nitrogen and oxygen atoms in total. The highest BCUT2D eigenvalue weighted by Gasteiger charge is 1.87. The maximum absolute atomic E-state index is 10.2. The Balaban J connectivity index is -0.000000140. The van der Waals surface area contributed by atoms with Crippen LogP contribution in [0.5, 0.6) is 0 Å². The van der Waals surface area contributed by atoms with E-state index in [0.717, 1.165) is 40.2 Å². The minimum Gasteiger partial charge on any atom is -0.471 e. The van der Waals surface area contributed by atoms with Gasteiger partial charge in [0.15, 0.2) is 0 Å². The zero-order valence-corrected chi connectivity index (χ0v) is 13.4. The first kappa shape index (κ1) is 18.4. The summed E-state index contributed by atoms with van der Waals surface area (Å²) in [7, 11) is 1.86. The molecule has 0 saturated carbocycles. The summed E-state index contributed by atoms with van der Waals surface area (Å²) < 4.78 is 4.53. The second kappa shape index (κ2) is 22.6. The van der Waals surface area contributed by atoms with Crippen molar-refractivity contribution in [3.63, 3.8) is 0 Å². The van der Waals surface area contributed by atoms with E-state index in [1.54, 1.807) is 13.0 Å². The molecule has 78 valence electrons. The molecule has 0 aliphatic rings. The minimum atomic E-state index is 0.307. The molecule has 13 heavy (non-hydrogen) atoms. The summed E-state index contributed by atoms with van der Waals surface area (Å²) in [4.78, 5) is 10.2. The lowest BCUT2D eigenvalue weighted by molar-refractivity contribution is -0.117. The first-order valence-electron chi connectivity index (χ1n) is 4.30. The van der Waals surface area contributed by atoms with Crippen molar-refractivity contribution in [2.45, 2.75) is 40.0 Å². The number of carbonyl (C=O) groups is 1. The molecule has 0 aliphatic heterocycles. The number of rotatable bonds is 3. The van der Waals surface area contributed by atoms with Crippen molar-refractivity contribution in [2.75, 3.05) is 0 Å². The molecule has 0 rings (SSSR count). The highest BCUT2D eigenvalue weighted by Crippen LogP contribution is 1.92. The van der Waals surface area contributed by atoms with Gasteiger partial charge in [-0.25, -0.2) is 0 Å². The fourth-order valence-electron chi connectivity index (χ4n) is 0.426. The van der Waals surface area contributed by atoms with Crippen LogP contribution in [-0.2, 0) is 8.91 Å². The van der Waals surface area contributed by atoms with Gasteiger partial charge in [0.2, 0.25) is 0 Å². The van der Waals surface area contributed by atoms with Gasteiger partial charge in [0.05, 0.1) is 6.07 Å². The van der Waals surface area contributed by atoms with Crippen molar-refractivity contribution in [1.29, 1.82) is 5.26 Å². The van der Waals surface area contributed by atoms with Gasteiger partial charge in [-0.15, -0.1) is 0 Å². The minimum absolute atomic E-state index is 0.307. The Kier molecular flexibility index (Phi) is 31.9. The number of ketones is 1. The van der Waals surface area contributed by atoms with Gasteiger partial charge in [-0.1, -0.05) is 13.3 Å². The molecule has 0 radical (unpaired) electrons. The molecule has 0 N–H and O–H groups in total. The van der Waals surface area contributed by atoms with Gasteiger partial charge in [0.1, 0.15) is 26.8 Å². The van der Waals surface area contributed by atoms with E-state index >= 15 is 0 Å². The largest absolute Gasteiger partial charge is 0.471 e. The van der Waals surface area contributed by atoms with Gasteiger partial charge >= 0.3 is 0 Å². The summed E-state index contributed by atoms with van der Waals surface area (Å²) in [6.07, 6.45) is 2.94. The van der Waals surface area contributed by atoms with Gasteiger partial charge in [-0.2, -0.15) is 5.26 Å². The van der Waals surface area contributed by atoms with Crippen molar-refractivity contribution >= 4 is 26.8 Å². The van der Waals surface area contributed by atoms with Crippen LogP contribution in [0.4, 0.5) is 0 Å². The zero-order chi connectivity index (χ0) is 11.1. The molecule has 0 amide bonds. The molecule has 5 heteroatoms. The average molecular weight is 219 g/mol. The lowest BCUT2D eigenvalue weighted by atomic mass is 10.2. The van der Waals surface area contributed by atoms with E-state index in [2.05, 4.69) is 11.0 Å². The number of carbonyl (C=O) groups excluding carboxylic acids is 1. The van der Waals surface area contributed by atoms with E-state index in [9.17, 15) is 4.79 Å². The van der Waals surface area contributed by atoms with E-state index < -0.39 is 0 Å². The van der Waals surface area contributed by atoms with Crippen LogP contribution in [0.15, 0.2) is 0 Å². The molecule has 0 heterocycles. The first-order valence-corrected chi connectivity index (χ1v) is 5.94. The third kappa shape index (κ3) is 83.5. The number of hydrogen-bond donors (Lipinski definition) is 0. The number of unbranched alkanes of at least 4 members (excludes halogenated alkanes) is 1. The molecule has 0 aromatic heterocycles. The van der Waals surface area contributed by atoms with Gasteiger partial charge in [-0.05, 0) is 13.3 Å². The molecular formula is C8H21NO2Si2. The molecule has 0 aromatic rings. The highest BCUT2D eigenvalue weighted by atomic mass is 28.3. The van der Waals surface area contributed by atoms with Crippen molar-refractivity contribution in [2.24, 2.45) is 0 Å². The second-order valence-corrected chi connectivity index (χ2v) is 5.70. The van der Waals surface area contributed by atoms with Crippen molar-refractivity contribution in [1.82, 2.24) is 0 Å². The lowest BCUT2D eigenvalue weighted by Gasteiger charge is -1.86. The monoisotopic (exact) mass is 219 g/mol. The van der Waals surface area contributed by atoms with E-state index in [-0.39, 0.29) is 0 Å². The second-order valence-electron chi connectivity index (χ2n) is 2.44. The Morgan fingerprint density at radius 2 is 1.85 bits per heavy atom. The van der Waals surface area contributed by atoms with Crippen LogP contribution in [-0.4, -0.2) is 26.8 Å². The SMILES string of the molecule is CC#N.CCCCC(C)=O.[SiH3]O[SiH3]. The number of hydrogen-bond acceptors (Lipinski definition) is 3. The Bertz CT molecular complexity index is 135. The molecule has 0 atom stereocenters. The van der Waals surface area contributed by atoms with Crippen LogP contribution in [0, 0.1) is 11.3 Å². The van der Waals surface area contributed by atoms with E-state index in [0.29, 0.717) is 5.78 Å². The Hall–Kier alpha value is -0.446. The molecule has 0 fully saturated rings. The quantitative estimate of drug-likeness (QED) is 0.621. The summed E-state index contributed by atoms with van der Waals surface area (Å²) in [6.45, 7) is 5.15. The fourth-order valence-corrected chi connectivity index (χ4v) is 0.426. The first-order chi connectivity index (χ1) is 6.10. The Morgan fingerprint density at radius 1 is 1.54 bits per heavy atom. The summed E-state index contributed by atoms with van der Waals surface area (Å²) >= 11 is 0. The topological polar surface area (TPSA) is 50.1 Å².